The highest BCUT2D eigenvalue weighted by Gasteiger charge is 2.31. The van der Waals surface area contributed by atoms with Gasteiger partial charge in [0.2, 0.25) is 0 Å². The molecule has 1 aromatic carbocycles. The number of carbonyl (C=O) groups excluding carboxylic acids is 1. The van der Waals surface area contributed by atoms with Crippen LogP contribution in [0.4, 0.5) is 18.9 Å². The van der Waals surface area contributed by atoms with Crippen molar-refractivity contribution in [2.45, 2.75) is 31.5 Å². The van der Waals surface area contributed by atoms with Crippen molar-refractivity contribution in [2.75, 3.05) is 13.2 Å². The maximum absolute atomic E-state index is 12.4. The van der Waals surface area contributed by atoms with Crippen molar-refractivity contribution in [1.82, 2.24) is 5.32 Å². The van der Waals surface area contributed by atoms with Crippen molar-refractivity contribution in [3.63, 3.8) is 0 Å². The lowest BCUT2D eigenvalue weighted by Crippen LogP contribution is -2.40. The lowest BCUT2D eigenvalue weighted by atomic mass is 10.0. The summed E-state index contributed by atoms with van der Waals surface area (Å²) in [6.45, 7) is -1.18. The molecule has 0 aliphatic heterocycles. The van der Waals surface area contributed by atoms with E-state index < -0.39 is 29.3 Å². The largest absolute Gasteiger partial charge is 0.484 e. The van der Waals surface area contributed by atoms with E-state index in [1.807, 2.05) is 0 Å². The average Bonchev–Trinajstić information content (AvgIpc) is 2.99. The highest BCUT2D eigenvalue weighted by atomic mass is 35.5. The number of nitro benzene ring substituents is 1. The van der Waals surface area contributed by atoms with Gasteiger partial charge in [0.15, 0.2) is 6.61 Å². The molecule has 1 amide bonds. The lowest BCUT2D eigenvalue weighted by molar-refractivity contribution is -0.385. The number of alkyl halides is 3. The van der Waals surface area contributed by atoms with Crippen LogP contribution in [0.25, 0.3) is 0 Å². The fourth-order valence-electron chi connectivity index (χ4n) is 2.87. The molecule has 1 saturated carbocycles. The van der Waals surface area contributed by atoms with Gasteiger partial charge in [-0.15, -0.1) is 12.4 Å². The smallest absolute Gasteiger partial charge is 0.422 e. The van der Waals surface area contributed by atoms with Crippen LogP contribution in [0.1, 0.15) is 29.6 Å². The summed E-state index contributed by atoms with van der Waals surface area (Å²) in [5.74, 6) is -0.919. The van der Waals surface area contributed by atoms with E-state index in [0.29, 0.717) is 13.0 Å². The van der Waals surface area contributed by atoms with Crippen LogP contribution in [0, 0.1) is 16.0 Å². The van der Waals surface area contributed by atoms with Crippen molar-refractivity contribution >= 4 is 24.0 Å². The van der Waals surface area contributed by atoms with E-state index in [1.54, 1.807) is 0 Å². The molecular weight excluding hydrogens is 379 g/mol. The van der Waals surface area contributed by atoms with Crippen molar-refractivity contribution in [1.29, 1.82) is 0 Å². The fraction of sp³-hybridized carbons (Fsp3) is 0.533. The minimum Gasteiger partial charge on any atom is -0.484 e. The Hall–Kier alpha value is -2.07. The van der Waals surface area contributed by atoms with Gasteiger partial charge in [0, 0.05) is 12.1 Å². The zero-order chi connectivity index (χ0) is 18.6. The topological polar surface area (TPSA) is 107 Å². The summed E-state index contributed by atoms with van der Waals surface area (Å²) >= 11 is 0. The normalized spacial score (nSPS) is 19.5. The Morgan fingerprint density at radius 1 is 1.38 bits per heavy atom. The molecule has 11 heteroatoms. The van der Waals surface area contributed by atoms with E-state index in [1.165, 1.54) is 0 Å². The number of nitro groups is 1. The van der Waals surface area contributed by atoms with E-state index in [-0.39, 0.29) is 35.7 Å². The molecule has 7 nitrogen and oxygen atoms in total. The van der Waals surface area contributed by atoms with Crippen LogP contribution in [0.3, 0.4) is 0 Å². The van der Waals surface area contributed by atoms with E-state index in [4.69, 9.17) is 5.73 Å². The number of ether oxygens (including phenoxy) is 1. The molecule has 1 aromatic rings. The number of hydrogen-bond acceptors (Lipinski definition) is 5. The fourth-order valence-corrected chi connectivity index (χ4v) is 2.87. The SMILES string of the molecule is Cl.NCC1CCCC1NC(=O)c1cc(OCC(F)(F)F)ccc1[N+](=O)[O-]. The Labute approximate surface area is 153 Å². The summed E-state index contributed by atoms with van der Waals surface area (Å²) in [5.41, 5.74) is 4.79. The quantitative estimate of drug-likeness (QED) is 0.567. The summed E-state index contributed by atoms with van der Waals surface area (Å²) in [6.07, 6.45) is -2.13. The molecule has 0 saturated heterocycles. The third-order valence-corrected chi connectivity index (χ3v) is 4.09. The molecule has 2 atom stereocenters. The van der Waals surface area contributed by atoms with Gasteiger partial charge in [-0.05, 0) is 37.4 Å². The van der Waals surface area contributed by atoms with E-state index in [0.717, 1.165) is 31.0 Å². The Morgan fingerprint density at radius 3 is 2.65 bits per heavy atom. The number of carbonyl (C=O) groups is 1. The molecule has 146 valence electrons. The molecule has 0 heterocycles. The van der Waals surface area contributed by atoms with Crippen LogP contribution in [-0.2, 0) is 0 Å². The highest BCUT2D eigenvalue weighted by Crippen LogP contribution is 2.28. The van der Waals surface area contributed by atoms with Crippen LogP contribution < -0.4 is 15.8 Å². The zero-order valence-corrected chi connectivity index (χ0v) is 14.4. The zero-order valence-electron chi connectivity index (χ0n) is 13.6. The standard InChI is InChI=1S/C15H18F3N3O4.ClH/c16-15(17,18)8-25-10-4-5-13(21(23)24)11(6-10)14(22)20-12-3-1-2-9(12)7-19;/h4-6,9,12H,1-3,7-8,19H2,(H,20,22);1H. The monoisotopic (exact) mass is 397 g/mol. The summed E-state index contributed by atoms with van der Waals surface area (Å²) in [4.78, 5) is 22.7. The minimum atomic E-state index is -4.55. The van der Waals surface area contributed by atoms with Crippen LogP contribution in [0.15, 0.2) is 18.2 Å². The number of hydrogen-bond donors (Lipinski definition) is 2. The molecule has 26 heavy (non-hydrogen) atoms. The number of nitrogens with two attached hydrogens (primary N) is 1. The summed E-state index contributed by atoms with van der Waals surface area (Å²) in [7, 11) is 0. The average molecular weight is 398 g/mol. The van der Waals surface area contributed by atoms with Crippen molar-refractivity contribution < 1.29 is 27.6 Å². The predicted molar refractivity (Wildman–Crippen MR) is 89.5 cm³/mol. The molecule has 1 aliphatic carbocycles. The maximum atomic E-state index is 12.4. The van der Waals surface area contributed by atoms with Gasteiger partial charge >= 0.3 is 6.18 Å². The second-order valence-corrected chi connectivity index (χ2v) is 5.85. The molecule has 0 bridgehead atoms. The number of halogens is 4. The van der Waals surface area contributed by atoms with Gasteiger partial charge in [-0.2, -0.15) is 13.2 Å². The third-order valence-electron chi connectivity index (χ3n) is 4.09. The Bertz CT molecular complexity index is 658. The van der Waals surface area contributed by atoms with Gasteiger partial charge in [-0.3, -0.25) is 14.9 Å². The molecule has 0 spiro atoms. The van der Waals surface area contributed by atoms with Crippen molar-refractivity contribution in [3.8, 4) is 5.75 Å². The number of nitrogens with one attached hydrogen (secondary N) is 1. The van der Waals surface area contributed by atoms with Crippen molar-refractivity contribution in [3.05, 3.63) is 33.9 Å². The first-order valence-electron chi connectivity index (χ1n) is 7.70. The number of nitrogens with zero attached hydrogens (tertiary/aromatic N) is 1. The van der Waals surface area contributed by atoms with E-state index >= 15 is 0 Å². The van der Waals surface area contributed by atoms with Gasteiger partial charge in [0.05, 0.1) is 4.92 Å². The molecule has 2 unspecified atom stereocenters. The summed E-state index contributed by atoms with van der Waals surface area (Å²) in [6, 6.07) is 2.72. The molecule has 3 N–H and O–H groups in total. The Kier molecular flexibility index (Phi) is 7.64. The van der Waals surface area contributed by atoms with Gasteiger partial charge in [-0.1, -0.05) is 6.42 Å². The first-order valence-corrected chi connectivity index (χ1v) is 7.70. The Balaban J connectivity index is 0.00000338. The van der Waals surface area contributed by atoms with E-state index in [9.17, 15) is 28.1 Å². The number of amides is 1. The third kappa shape index (κ3) is 5.73. The van der Waals surface area contributed by atoms with Gasteiger partial charge in [0.1, 0.15) is 11.3 Å². The van der Waals surface area contributed by atoms with Gasteiger partial charge in [-0.25, -0.2) is 0 Å². The summed E-state index contributed by atoms with van der Waals surface area (Å²) < 4.78 is 41.3. The maximum Gasteiger partial charge on any atom is 0.422 e. The molecule has 0 radical (unpaired) electrons. The Morgan fingerprint density at radius 2 is 2.08 bits per heavy atom. The second-order valence-electron chi connectivity index (χ2n) is 5.85. The minimum absolute atomic E-state index is 0. The second kappa shape index (κ2) is 9.04. The highest BCUT2D eigenvalue weighted by molar-refractivity contribution is 5.98. The van der Waals surface area contributed by atoms with Crippen LogP contribution in [0.5, 0.6) is 5.75 Å². The lowest BCUT2D eigenvalue weighted by Gasteiger charge is -2.19. The first kappa shape index (κ1) is 22.0. The van der Waals surface area contributed by atoms with Gasteiger partial charge in [0.25, 0.3) is 11.6 Å². The molecule has 1 fully saturated rings. The first-order chi connectivity index (χ1) is 11.7. The number of benzene rings is 1. The number of rotatable bonds is 6. The van der Waals surface area contributed by atoms with Crippen molar-refractivity contribution in [2.24, 2.45) is 11.7 Å². The van der Waals surface area contributed by atoms with Crippen LogP contribution in [-0.4, -0.2) is 36.2 Å². The van der Waals surface area contributed by atoms with Gasteiger partial charge < -0.3 is 15.8 Å². The molecular formula is C15H19ClF3N3O4. The summed E-state index contributed by atoms with van der Waals surface area (Å²) in [5, 5.41) is 13.8. The predicted octanol–water partition coefficient (Wildman–Crippen LogP) is 2.81. The molecule has 1 aliphatic rings. The van der Waals surface area contributed by atoms with E-state index in [2.05, 4.69) is 10.1 Å². The van der Waals surface area contributed by atoms with Crippen LogP contribution >= 0.6 is 12.4 Å². The molecule has 0 aromatic heterocycles. The van der Waals surface area contributed by atoms with Crippen LogP contribution in [0.2, 0.25) is 0 Å². The molecule has 2 rings (SSSR count).